The maximum atomic E-state index is 12.6. The molecule has 0 spiro atoms. The van der Waals surface area contributed by atoms with Crippen molar-refractivity contribution in [2.75, 3.05) is 0 Å². The zero-order valence-corrected chi connectivity index (χ0v) is 14.0. The van der Waals surface area contributed by atoms with Gasteiger partial charge in [-0.15, -0.1) is 0 Å². The lowest BCUT2D eigenvalue weighted by molar-refractivity contribution is 0.242. The first-order valence-electron chi connectivity index (χ1n) is 7.82. The van der Waals surface area contributed by atoms with Crippen LogP contribution in [0.5, 0.6) is 5.75 Å². The molecule has 23 heavy (non-hydrogen) atoms. The summed E-state index contributed by atoms with van der Waals surface area (Å²) in [5, 5.41) is 8.85. The molecule has 0 radical (unpaired) electrons. The van der Waals surface area contributed by atoms with E-state index in [1.54, 1.807) is 10.6 Å². The number of hydrogen-bond donors (Lipinski definition) is 0. The molecule has 120 valence electrons. The average molecular weight is 310 g/mol. The summed E-state index contributed by atoms with van der Waals surface area (Å²) in [6, 6.07) is 13.4. The Morgan fingerprint density at radius 2 is 1.74 bits per heavy atom. The summed E-state index contributed by atoms with van der Waals surface area (Å²) in [4.78, 5) is 12.6. The zero-order chi connectivity index (χ0) is 17.0. The van der Waals surface area contributed by atoms with Crippen molar-refractivity contribution in [3.63, 3.8) is 0 Å². The maximum absolute atomic E-state index is 12.6. The summed E-state index contributed by atoms with van der Waals surface area (Å²) < 4.78 is 7.39. The lowest BCUT2D eigenvalue weighted by Gasteiger charge is -2.18. The monoisotopic (exact) mass is 310 g/mol. The van der Waals surface area contributed by atoms with Gasteiger partial charge in [0.25, 0.3) is 5.56 Å². The molecule has 1 heterocycles. The van der Waals surface area contributed by atoms with Crippen LogP contribution in [0, 0.1) is 11.3 Å². The number of ether oxygens (including phenoxy) is 1. The fourth-order valence-electron chi connectivity index (χ4n) is 2.54. The summed E-state index contributed by atoms with van der Waals surface area (Å²) in [6.07, 6.45) is 0.257. The fraction of sp³-hybridized carbons (Fsp3) is 0.368. The summed E-state index contributed by atoms with van der Waals surface area (Å²) in [7, 11) is 0. The van der Waals surface area contributed by atoms with Gasteiger partial charge in [0.05, 0.1) is 24.3 Å². The Bertz CT molecular complexity index is 765. The first kappa shape index (κ1) is 16.8. The third-order valence-corrected chi connectivity index (χ3v) is 3.50. The highest BCUT2D eigenvalue weighted by Gasteiger charge is 2.13. The van der Waals surface area contributed by atoms with E-state index in [9.17, 15) is 4.79 Å². The van der Waals surface area contributed by atoms with E-state index in [0.29, 0.717) is 5.56 Å². The van der Waals surface area contributed by atoms with E-state index in [1.165, 1.54) is 0 Å². The second-order valence-electron chi connectivity index (χ2n) is 6.04. The van der Waals surface area contributed by atoms with E-state index in [2.05, 4.69) is 0 Å². The minimum Gasteiger partial charge on any atom is -0.491 e. The number of nitriles is 1. The molecule has 0 bridgehead atoms. The molecule has 0 aliphatic heterocycles. The second-order valence-corrected chi connectivity index (χ2v) is 6.04. The standard InChI is InChI=1S/C19H22N2O2/c1-13(2)21-18(10-7-16(11-12-20)19(21)22)15-5-8-17(9-6-15)23-14(3)4/h5-10,13-14H,11H2,1-4H3. The van der Waals surface area contributed by atoms with Crippen molar-refractivity contribution in [2.24, 2.45) is 0 Å². The molecule has 0 saturated carbocycles. The van der Waals surface area contributed by atoms with Crippen LogP contribution in [0.15, 0.2) is 41.2 Å². The van der Waals surface area contributed by atoms with Crippen LogP contribution in [0.4, 0.5) is 0 Å². The van der Waals surface area contributed by atoms with Crippen molar-refractivity contribution in [3.05, 3.63) is 52.3 Å². The third-order valence-electron chi connectivity index (χ3n) is 3.50. The number of hydrogen-bond acceptors (Lipinski definition) is 3. The molecule has 4 heteroatoms. The Morgan fingerprint density at radius 3 is 2.26 bits per heavy atom. The van der Waals surface area contributed by atoms with Gasteiger partial charge in [-0.1, -0.05) is 6.07 Å². The summed E-state index contributed by atoms with van der Waals surface area (Å²) in [5.74, 6) is 0.809. The predicted molar refractivity (Wildman–Crippen MR) is 91.6 cm³/mol. The van der Waals surface area contributed by atoms with Crippen LogP contribution < -0.4 is 10.3 Å². The van der Waals surface area contributed by atoms with Crippen LogP contribution in [0.1, 0.15) is 39.3 Å². The highest BCUT2D eigenvalue weighted by atomic mass is 16.5. The molecule has 1 aromatic heterocycles. The van der Waals surface area contributed by atoms with Gasteiger partial charge in [-0.25, -0.2) is 0 Å². The molecule has 0 unspecified atom stereocenters. The molecule has 0 saturated heterocycles. The second kappa shape index (κ2) is 7.15. The summed E-state index contributed by atoms with van der Waals surface area (Å²) >= 11 is 0. The van der Waals surface area contributed by atoms with E-state index in [1.807, 2.05) is 64.1 Å². The van der Waals surface area contributed by atoms with Crippen LogP contribution in [0.2, 0.25) is 0 Å². The number of benzene rings is 1. The summed E-state index contributed by atoms with van der Waals surface area (Å²) in [5.41, 5.74) is 2.24. The third kappa shape index (κ3) is 3.81. The lowest BCUT2D eigenvalue weighted by atomic mass is 10.1. The average Bonchev–Trinajstić information content (AvgIpc) is 2.49. The minimum absolute atomic E-state index is 0.0164. The molecule has 1 aromatic carbocycles. The highest BCUT2D eigenvalue weighted by Crippen LogP contribution is 2.24. The van der Waals surface area contributed by atoms with E-state index in [0.717, 1.165) is 17.0 Å². The first-order chi connectivity index (χ1) is 10.9. The molecule has 2 rings (SSSR count). The Morgan fingerprint density at radius 1 is 1.09 bits per heavy atom. The van der Waals surface area contributed by atoms with Gasteiger partial charge in [0, 0.05) is 11.6 Å². The van der Waals surface area contributed by atoms with Crippen LogP contribution in [-0.4, -0.2) is 10.7 Å². The van der Waals surface area contributed by atoms with Crippen LogP contribution >= 0.6 is 0 Å². The quantitative estimate of drug-likeness (QED) is 0.840. The molecular formula is C19H22N2O2. The van der Waals surface area contributed by atoms with Crippen molar-refractivity contribution in [2.45, 2.75) is 46.3 Å². The van der Waals surface area contributed by atoms with E-state index in [-0.39, 0.29) is 24.1 Å². The zero-order valence-electron chi connectivity index (χ0n) is 14.0. The molecule has 2 aromatic rings. The lowest BCUT2D eigenvalue weighted by Crippen LogP contribution is -2.26. The minimum atomic E-state index is -0.0958. The fourth-order valence-corrected chi connectivity index (χ4v) is 2.54. The van der Waals surface area contributed by atoms with Crippen LogP contribution in [0.25, 0.3) is 11.3 Å². The van der Waals surface area contributed by atoms with Gasteiger partial charge in [-0.2, -0.15) is 5.26 Å². The Hall–Kier alpha value is -2.54. The van der Waals surface area contributed by atoms with Crippen molar-refractivity contribution in [1.82, 2.24) is 4.57 Å². The number of pyridine rings is 1. The number of rotatable bonds is 5. The molecule has 0 fully saturated rings. The van der Waals surface area contributed by atoms with Crippen LogP contribution in [0.3, 0.4) is 0 Å². The molecule has 0 amide bonds. The molecule has 0 atom stereocenters. The van der Waals surface area contributed by atoms with Crippen molar-refractivity contribution >= 4 is 0 Å². The van der Waals surface area contributed by atoms with E-state index < -0.39 is 0 Å². The van der Waals surface area contributed by atoms with Crippen molar-refractivity contribution < 1.29 is 4.74 Å². The molecule has 4 nitrogen and oxygen atoms in total. The van der Waals surface area contributed by atoms with Gasteiger partial charge in [-0.05, 0) is 63.6 Å². The first-order valence-corrected chi connectivity index (χ1v) is 7.82. The molecule has 0 aliphatic rings. The topological polar surface area (TPSA) is 55.0 Å². The predicted octanol–water partition coefficient (Wildman–Crippen LogP) is 3.95. The largest absolute Gasteiger partial charge is 0.491 e. The summed E-state index contributed by atoms with van der Waals surface area (Å²) in [6.45, 7) is 7.91. The van der Waals surface area contributed by atoms with Crippen LogP contribution in [-0.2, 0) is 6.42 Å². The Balaban J connectivity index is 2.49. The number of aromatic nitrogens is 1. The Labute approximate surface area is 137 Å². The number of nitrogens with zero attached hydrogens (tertiary/aromatic N) is 2. The normalized spacial score (nSPS) is 10.8. The van der Waals surface area contributed by atoms with E-state index in [4.69, 9.17) is 10.00 Å². The van der Waals surface area contributed by atoms with Crippen molar-refractivity contribution in [3.8, 4) is 23.1 Å². The van der Waals surface area contributed by atoms with E-state index >= 15 is 0 Å². The van der Waals surface area contributed by atoms with Gasteiger partial charge in [0.15, 0.2) is 0 Å². The van der Waals surface area contributed by atoms with Gasteiger partial charge < -0.3 is 9.30 Å². The van der Waals surface area contributed by atoms with Gasteiger partial charge in [0.1, 0.15) is 5.75 Å². The van der Waals surface area contributed by atoms with Crippen molar-refractivity contribution in [1.29, 1.82) is 5.26 Å². The highest BCUT2D eigenvalue weighted by molar-refractivity contribution is 5.61. The maximum Gasteiger partial charge on any atom is 0.255 e. The van der Waals surface area contributed by atoms with Gasteiger partial charge in [0.2, 0.25) is 0 Å². The molecular weight excluding hydrogens is 288 g/mol. The SMILES string of the molecule is CC(C)Oc1ccc(-c2ccc(CC#N)c(=O)n2C(C)C)cc1. The Kier molecular flexibility index (Phi) is 5.23. The molecule has 0 N–H and O–H groups in total. The van der Waals surface area contributed by atoms with Gasteiger partial charge >= 0.3 is 0 Å². The molecule has 0 aliphatic carbocycles. The smallest absolute Gasteiger partial charge is 0.255 e. The van der Waals surface area contributed by atoms with Gasteiger partial charge in [-0.3, -0.25) is 4.79 Å².